The van der Waals surface area contributed by atoms with Crippen molar-refractivity contribution in [3.8, 4) is 5.75 Å². The van der Waals surface area contributed by atoms with E-state index in [0.717, 1.165) is 25.7 Å². The number of likely N-dealkylation sites (N-methyl/N-ethyl adjacent to an activating group) is 1. The molecule has 10 nitrogen and oxygen atoms in total. The number of anilines is 3. The Morgan fingerprint density at radius 1 is 0.956 bits per heavy atom. The summed E-state index contributed by atoms with van der Waals surface area (Å²) in [5, 5.41) is 15.1. The summed E-state index contributed by atoms with van der Waals surface area (Å²) in [5.41, 5.74) is 2.11. The number of hydrogen-bond acceptors (Lipinski definition) is 5. The van der Waals surface area contributed by atoms with Gasteiger partial charge in [0, 0.05) is 30.0 Å². The molecule has 1 unspecified atom stereocenters. The highest BCUT2D eigenvalue weighted by atomic mass is 35.5. The van der Waals surface area contributed by atoms with Crippen LogP contribution in [0.1, 0.15) is 50.5 Å². The number of amides is 4. The van der Waals surface area contributed by atoms with Crippen LogP contribution in [0.5, 0.6) is 5.75 Å². The molecule has 4 amide bonds. The molecule has 0 aromatic heterocycles. The molecule has 45 heavy (non-hydrogen) atoms. The SMILES string of the molecule is CC(C(=O)O)c1cccc(NC(=O)NCC(=O)N(CC2CCCCC2)c2ccccc2OCC(=O)N(C)c2cccc(Cl)c2)c1. The number of para-hydroxylation sites is 2. The zero-order valence-corrected chi connectivity index (χ0v) is 26.3. The first-order valence-electron chi connectivity index (χ1n) is 15.0. The Morgan fingerprint density at radius 3 is 2.42 bits per heavy atom. The lowest BCUT2D eigenvalue weighted by Crippen LogP contribution is -2.44. The van der Waals surface area contributed by atoms with Crippen molar-refractivity contribution in [3.05, 3.63) is 83.4 Å². The van der Waals surface area contributed by atoms with Gasteiger partial charge in [0.1, 0.15) is 5.75 Å². The summed E-state index contributed by atoms with van der Waals surface area (Å²) in [6.45, 7) is 1.48. The summed E-state index contributed by atoms with van der Waals surface area (Å²) in [5.74, 6) is -1.66. The molecular formula is C34H39ClN4O6. The highest BCUT2D eigenvalue weighted by Gasteiger charge is 2.25. The summed E-state index contributed by atoms with van der Waals surface area (Å²) >= 11 is 6.09. The number of carboxylic acids is 1. The quantitative estimate of drug-likeness (QED) is 0.214. The van der Waals surface area contributed by atoms with Gasteiger partial charge in [0.05, 0.1) is 18.2 Å². The van der Waals surface area contributed by atoms with Gasteiger partial charge in [-0.2, -0.15) is 0 Å². The first kappa shape index (κ1) is 33.3. The number of aliphatic carboxylic acids is 1. The molecule has 0 heterocycles. The van der Waals surface area contributed by atoms with Crippen LogP contribution in [-0.4, -0.2) is 55.7 Å². The molecule has 1 fully saturated rings. The summed E-state index contributed by atoms with van der Waals surface area (Å²) in [4.78, 5) is 53.8. The normalized spacial score (nSPS) is 13.8. The first-order chi connectivity index (χ1) is 21.6. The summed E-state index contributed by atoms with van der Waals surface area (Å²) < 4.78 is 5.98. The van der Waals surface area contributed by atoms with E-state index >= 15 is 0 Å². The van der Waals surface area contributed by atoms with E-state index in [0.29, 0.717) is 45.9 Å². The maximum atomic E-state index is 13.7. The topological polar surface area (TPSA) is 128 Å². The van der Waals surface area contributed by atoms with Crippen molar-refractivity contribution in [3.63, 3.8) is 0 Å². The molecule has 1 saturated carbocycles. The van der Waals surface area contributed by atoms with Gasteiger partial charge in [0.2, 0.25) is 5.91 Å². The monoisotopic (exact) mass is 634 g/mol. The predicted octanol–water partition coefficient (Wildman–Crippen LogP) is 6.30. The minimum atomic E-state index is -0.970. The van der Waals surface area contributed by atoms with Crippen LogP contribution in [0.3, 0.4) is 0 Å². The van der Waals surface area contributed by atoms with Crippen molar-refractivity contribution in [1.82, 2.24) is 5.32 Å². The number of carboxylic acid groups (broad SMARTS) is 1. The molecule has 3 N–H and O–H groups in total. The highest BCUT2D eigenvalue weighted by molar-refractivity contribution is 6.30. The molecule has 3 aromatic carbocycles. The fraction of sp³-hybridized carbons (Fsp3) is 0.353. The van der Waals surface area contributed by atoms with E-state index in [1.165, 1.54) is 11.3 Å². The number of nitrogens with one attached hydrogen (secondary N) is 2. The Morgan fingerprint density at radius 2 is 1.69 bits per heavy atom. The van der Waals surface area contributed by atoms with Crippen LogP contribution in [0.25, 0.3) is 0 Å². The van der Waals surface area contributed by atoms with Gasteiger partial charge in [-0.1, -0.05) is 61.2 Å². The van der Waals surface area contributed by atoms with E-state index in [-0.39, 0.29) is 25.0 Å². The molecule has 1 atom stereocenters. The number of ether oxygens (including phenoxy) is 1. The van der Waals surface area contributed by atoms with Gasteiger partial charge >= 0.3 is 12.0 Å². The molecular weight excluding hydrogens is 596 g/mol. The number of carbonyl (C=O) groups is 4. The summed E-state index contributed by atoms with van der Waals surface area (Å²) in [6, 6.07) is 20.0. The molecule has 1 aliphatic carbocycles. The van der Waals surface area contributed by atoms with E-state index in [4.69, 9.17) is 16.3 Å². The van der Waals surface area contributed by atoms with Crippen LogP contribution in [0, 0.1) is 5.92 Å². The van der Waals surface area contributed by atoms with Crippen LogP contribution < -0.4 is 25.2 Å². The predicted molar refractivity (Wildman–Crippen MR) is 175 cm³/mol. The molecule has 11 heteroatoms. The second kappa shape index (κ2) is 15.9. The van der Waals surface area contributed by atoms with E-state index in [1.807, 2.05) is 0 Å². The molecule has 0 bridgehead atoms. The molecule has 3 aromatic rings. The van der Waals surface area contributed by atoms with Crippen molar-refractivity contribution in [1.29, 1.82) is 0 Å². The third kappa shape index (κ3) is 9.46. The van der Waals surface area contributed by atoms with E-state index in [9.17, 15) is 24.3 Å². The fourth-order valence-electron chi connectivity index (χ4n) is 5.28. The van der Waals surface area contributed by atoms with Crippen molar-refractivity contribution in [2.24, 2.45) is 5.92 Å². The minimum absolute atomic E-state index is 0.258. The largest absolute Gasteiger partial charge is 0.482 e. The lowest BCUT2D eigenvalue weighted by atomic mass is 9.89. The zero-order chi connectivity index (χ0) is 32.3. The Labute approximate surface area is 268 Å². The molecule has 238 valence electrons. The zero-order valence-electron chi connectivity index (χ0n) is 25.5. The third-order valence-electron chi connectivity index (χ3n) is 7.96. The van der Waals surface area contributed by atoms with Crippen LogP contribution in [0.4, 0.5) is 21.9 Å². The maximum absolute atomic E-state index is 13.7. The van der Waals surface area contributed by atoms with Gasteiger partial charge in [-0.25, -0.2) is 4.79 Å². The highest BCUT2D eigenvalue weighted by Crippen LogP contribution is 2.32. The van der Waals surface area contributed by atoms with Crippen LogP contribution in [0.15, 0.2) is 72.8 Å². The van der Waals surface area contributed by atoms with Crippen molar-refractivity contribution in [2.45, 2.75) is 44.9 Å². The molecule has 0 spiro atoms. The number of rotatable bonds is 12. The van der Waals surface area contributed by atoms with Gasteiger partial charge in [-0.15, -0.1) is 0 Å². The standard InChI is InChI=1S/C34H39ClN4O6/c1-23(33(42)43)25-12-8-14-27(18-25)37-34(44)36-20-31(40)39(21-24-10-4-3-5-11-24)29-16-6-7-17-30(29)45-22-32(41)38(2)28-15-9-13-26(35)19-28/h6-9,12-19,23-24H,3-5,10-11,20-22H2,1-2H3,(H,42,43)(H2,36,37,44). The fourth-order valence-corrected chi connectivity index (χ4v) is 5.47. The number of urea groups is 1. The summed E-state index contributed by atoms with van der Waals surface area (Å²) in [6.07, 6.45) is 5.34. The van der Waals surface area contributed by atoms with E-state index < -0.39 is 17.9 Å². The van der Waals surface area contributed by atoms with Crippen LogP contribution in [0.2, 0.25) is 5.02 Å². The van der Waals surface area contributed by atoms with E-state index in [1.54, 1.807) is 91.7 Å². The van der Waals surface area contributed by atoms with Gasteiger partial charge in [-0.05, 0) is 73.7 Å². The number of benzene rings is 3. The minimum Gasteiger partial charge on any atom is -0.482 e. The third-order valence-corrected chi connectivity index (χ3v) is 8.19. The first-order valence-corrected chi connectivity index (χ1v) is 15.4. The Balaban J connectivity index is 1.45. The Kier molecular flexibility index (Phi) is 11.8. The second-order valence-electron chi connectivity index (χ2n) is 11.2. The Bertz CT molecular complexity index is 1510. The van der Waals surface area contributed by atoms with Crippen molar-refractivity contribution < 1.29 is 29.0 Å². The average Bonchev–Trinajstić information content (AvgIpc) is 3.05. The average molecular weight is 635 g/mol. The molecule has 1 aliphatic rings. The lowest BCUT2D eigenvalue weighted by Gasteiger charge is -2.31. The molecule has 0 saturated heterocycles. The summed E-state index contributed by atoms with van der Waals surface area (Å²) in [7, 11) is 1.64. The number of hydrogen-bond donors (Lipinski definition) is 3. The van der Waals surface area contributed by atoms with Crippen molar-refractivity contribution in [2.75, 3.05) is 41.9 Å². The van der Waals surface area contributed by atoms with Gasteiger partial charge in [0.25, 0.3) is 5.91 Å². The molecule has 4 rings (SSSR count). The maximum Gasteiger partial charge on any atom is 0.319 e. The van der Waals surface area contributed by atoms with E-state index in [2.05, 4.69) is 10.6 Å². The van der Waals surface area contributed by atoms with Crippen LogP contribution in [-0.2, 0) is 14.4 Å². The van der Waals surface area contributed by atoms with Crippen molar-refractivity contribution >= 4 is 52.5 Å². The molecule has 0 aliphatic heterocycles. The number of nitrogens with zero attached hydrogens (tertiary/aromatic N) is 2. The number of halogens is 1. The van der Waals surface area contributed by atoms with Gasteiger partial charge in [0.15, 0.2) is 6.61 Å². The lowest BCUT2D eigenvalue weighted by molar-refractivity contribution is -0.138. The van der Waals surface area contributed by atoms with Gasteiger partial charge < -0.3 is 30.3 Å². The smallest absolute Gasteiger partial charge is 0.319 e. The Hall–Kier alpha value is -4.57. The molecule has 0 radical (unpaired) electrons. The van der Waals surface area contributed by atoms with Gasteiger partial charge in [-0.3, -0.25) is 14.4 Å². The number of carbonyl (C=O) groups excluding carboxylic acids is 3. The van der Waals surface area contributed by atoms with Crippen LogP contribution >= 0.6 is 11.6 Å². The second-order valence-corrected chi connectivity index (χ2v) is 11.6.